The molecule has 0 spiro atoms. The number of piperidine rings is 1. The average molecular weight is 536 g/mol. The van der Waals surface area contributed by atoms with Crippen LogP contribution in [0.4, 0.5) is 20.5 Å². The minimum Gasteiger partial charge on any atom is -0.396 e. The number of halogens is 2. The number of nitrogens with zero attached hydrogens (tertiary/aromatic N) is 6. The summed E-state index contributed by atoms with van der Waals surface area (Å²) in [5.74, 6) is 0.576. The fraction of sp³-hybridized carbons (Fsp3) is 0.448. The first-order valence-electron chi connectivity index (χ1n) is 13.6. The van der Waals surface area contributed by atoms with E-state index in [4.69, 9.17) is 0 Å². The summed E-state index contributed by atoms with van der Waals surface area (Å²) in [7, 11) is 0. The van der Waals surface area contributed by atoms with Crippen molar-refractivity contribution < 1.29 is 13.9 Å². The monoisotopic (exact) mass is 535 g/mol. The second kappa shape index (κ2) is 11.3. The Morgan fingerprint density at radius 2 is 1.82 bits per heavy atom. The van der Waals surface area contributed by atoms with Crippen molar-refractivity contribution in [1.29, 1.82) is 0 Å². The number of likely N-dealkylation sites (tertiary alicyclic amines) is 1. The summed E-state index contributed by atoms with van der Waals surface area (Å²) >= 11 is 0. The van der Waals surface area contributed by atoms with Crippen molar-refractivity contribution in [3.8, 4) is 11.3 Å². The normalized spacial score (nSPS) is 15.8. The first kappa shape index (κ1) is 27.1. The van der Waals surface area contributed by atoms with Crippen LogP contribution < -0.4 is 5.32 Å². The van der Waals surface area contributed by atoms with Gasteiger partial charge in [0.2, 0.25) is 5.95 Å². The SMILES string of the molecule is CCN1CCC(C(CO)c2ccc(Nc3ncc(F)c(-c4cc(F)c5nc(C)n(C(C)C)c5c4)n3)nc2)CC1. The van der Waals surface area contributed by atoms with Gasteiger partial charge < -0.3 is 19.9 Å². The quantitative estimate of drug-likeness (QED) is 0.303. The summed E-state index contributed by atoms with van der Waals surface area (Å²) in [4.78, 5) is 19.7. The predicted molar refractivity (Wildman–Crippen MR) is 148 cm³/mol. The Balaban J connectivity index is 1.38. The van der Waals surface area contributed by atoms with Crippen molar-refractivity contribution in [2.24, 2.45) is 5.92 Å². The van der Waals surface area contributed by atoms with Crippen LogP contribution in [0.1, 0.15) is 57.0 Å². The Kier molecular flexibility index (Phi) is 7.86. The zero-order valence-corrected chi connectivity index (χ0v) is 22.8. The van der Waals surface area contributed by atoms with Gasteiger partial charge in [-0.1, -0.05) is 13.0 Å². The smallest absolute Gasteiger partial charge is 0.229 e. The van der Waals surface area contributed by atoms with E-state index in [1.54, 1.807) is 18.3 Å². The molecule has 0 saturated carbocycles. The molecule has 1 unspecified atom stereocenters. The van der Waals surface area contributed by atoms with Crippen LogP contribution in [0.15, 0.2) is 36.7 Å². The summed E-state index contributed by atoms with van der Waals surface area (Å²) in [6.45, 7) is 11.2. The minimum absolute atomic E-state index is 0.0159. The molecule has 4 heterocycles. The molecule has 1 aliphatic rings. The van der Waals surface area contributed by atoms with Crippen LogP contribution >= 0.6 is 0 Å². The number of rotatable bonds is 8. The van der Waals surface area contributed by atoms with E-state index in [0.29, 0.717) is 28.6 Å². The Morgan fingerprint density at radius 1 is 1.05 bits per heavy atom. The number of benzene rings is 1. The fourth-order valence-corrected chi connectivity index (χ4v) is 5.70. The lowest BCUT2D eigenvalue weighted by Gasteiger charge is -2.35. The number of nitrogens with one attached hydrogen (secondary N) is 1. The third-order valence-electron chi connectivity index (χ3n) is 7.76. The first-order valence-corrected chi connectivity index (χ1v) is 13.6. The average Bonchev–Trinajstić information content (AvgIpc) is 3.28. The summed E-state index contributed by atoms with van der Waals surface area (Å²) in [6, 6.07) is 6.77. The van der Waals surface area contributed by atoms with Gasteiger partial charge in [-0.2, -0.15) is 0 Å². The molecule has 1 saturated heterocycles. The summed E-state index contributed by atoms with van der Waals surface area (Å²) in [5, 5.41) is 13.1. The van der Waals surface area contributed by atoms with Gasteiger partial charge in [-0.05, 0) is 82.9 Å². The molecule has 1 fully saturated rings. The molecule has 8 nitrogen and oxygen atoms in total. The molecule has 39 heavy (non-hydrogen) atoms. The molecule has 1 aliphatic heterocycles. The molecular weight excluding hydrogens is 500 g/mol. The number of aryl methyl sites for hydroxylation is 1. The highest BCUT2D eigenvalue weighted by Gasteiger charge is 2.27. The summed E-state index contributed by atoms with van der Waals surface area (Å²) in [6.07, 6.45) is 4.93. The maximum Gasteiger partial charge on any atom is 0.229 e. The number of anilines is 2. The molecule has 2 N–H and O–H groups in total. The molecule has 0 amide bonds. The Labute approximate surface area is 227 Å². The van der Waals surface area contributed by atoms with Gasteiger partial charge in [-0.3, -0.25) is 0 Å². The van der Waals surface area contributed by atoms with E-state index in [2.05, 4.69) is 37.1 Å². The largest absolute Gasteiger partial charge is 0.396 e. The van der Waals surface area contributed by atoms with Crippen molar-refractivity contribution in [3.05, 3.63) is 59.7 Å². The molecule has 3 aromatic heterocycles. The van der Waals surface area contributed by atoms with Crippen molar-refractivity contribution in [1.82, 2.24) is 29.4 Å². The highest BCUT2D eigenvalue weighted by Crippen LogP contribution is 2.33. The van der Waals surface area contributed by atoms with Crippen molar-refractivity contribution >= 4 is 22.8 Å². The van der Waals surface area contributed by atoms with Gasteiger partial charge in [-0.15, -0.1) is 0 Å². The number of fused-ring (bicyclic) bond motifs is 1. The van der Waals surface area contributed by atoms with E-state index in [-0.39, 0.29) is 35.7 Å². The lowest BCUT2D eigenvalue weighted by atomic mass is 9.81. The van der Waals surface area contributed by atoms with E-state index in [0.717, 1.165) is 44.2 Å². The summed E-state index contributed by atoms with van der Waals surface area (Å²) < 4.78 is 31.8. The number of aliphatic hydroxyl groups is 1. The number of pyridine rings is 1. The van der Waals surface area contributed by atoms with E-state index < -0.39 is 11.6 Å². The standard InChI is InChI=1S/C29H35F2N7O/c1-5-37-10-8-19(9-11-37)22(16-39)20-6-7-26(32-14-20)35-29-33-15-24(31)27(36-29)21-12-23(30)28-25(13-21)38(17(2)3)18(4)34-28/h6-7,12-15,17,19,22,39H,5,8-11,16H2,1-4H3,(H,32,33,35,36). The summed E-state index contributed by atoms with van der Waals surface area (Å²) in [5.41, 5.74) is 2.10. The second-order valence-electron chi connectivity index (χ2n) is 10.5. The zero-order valence-electron chi connectivity index (χ0n) is 22.8. The highest BCUT2D eigenvalue weighted by molar-refractivity contribution is 5.83. The van der Waals surface area contributed by atoms with Gasteiger partial charge in [0.1, 0.15) is 22.9 Å². The molecule has 4 aromatic rings. The van der Waals surface area contributed by atoms with E-state index in [1.807, 2.05) is 31.4 Å². The van der Waals surface area contributed by atoms with Gasteiger partial charge in [0, 0.05) is 23.7 Å². The third kappa shape index (κ3) is 5.49. The topological polar surface area (TPSA) is 92.0 Å². The number of aromatic nitrogens is 5. The Bertz CT molecular complexity index is 1450. The van der Waals surface area contributed by atoms with Crippen LogP contribution in [0.25, 0.3) is 22.3 Å². The van der Waals surface area contributed by atoms with Gasteiger partial charge >= 0.3 is 0 Å². The maximum atomic E-state index is 15.0. The first-order chi connectivity index (χ1) is 18.8. The van der Waals surface area contributed by atoms with Crippen LogP contribution in [-0.4, -0.2) is 60.8 Å². The lowest BCUT2D eigenvalue weighted by molar-refractivity contribution is 0.143. The minimum atomic E-state index is -0.658. The van der Waals surface area contributed by atoms with Crippen LogP contribution in [0.5, 0.6) is 0 Å². The van der Waals surface area contributed by atoms with Crippen LogP contribution in [-0.2, 0) is 0 Å². The molecule has 0 radical (unpaired) electrons. The second-order valence-corrected chi connectivity index (χ2v) is 10.5. The predicted octanol–water partition coefficient (Wildman–Crippen LogP) is 5.61. The van der Waals surface area contributed by atoms with E-state index >= 15 is 0 Å². The van der Waals surface area contributed by atoms with Crippen LogP contribution in [0.2, 0.25) is 0 Å². The Morgan fingerprint density at radius 3 is 2.46 bits per heavy atom. The number of imidazole rings is 1. The van der Waals surface area contributed by atoms with Crippen LogP contribution in [0.3, 0.4) is 0 Å². The molecule has 1 aromatic carbocycles. The Hall–Kier alpha value is -3.50. The van der Waals surface area contributed by atoms with Crippen molar-refractivity contribution in [2.45, 2.75) is 52.5 Å². The zero-order chi connectivity index (χ0) is 27.7. The van der Waals surface area contributed by atoms with Gasteiger partial charge in [-0.25, -0.2) is 28.7 Å². The number of hydrogen-bond acceptors (Lipinski definition) is 7. The van der Waals surface area contributed by atoms with Crippen molar-refractivity contribution in [2.75, 3.05) is 31.6 Å². The fourth-order valence-electron chi connectivity index (χ4n) is 5.70. The van der Waals surface area contributed by atoms with Gasteiger partial charge in [0.05, 0.1) is 18.3 Å². The molecule has 5 rings (SSSR count). The molecular formula is C29H35F2N7O. The molecule has 0 aliphatic carbocycles. The lowest BCUT2D eigenvalue weighted by Crippen LogP contribution is -2.36. The van der Waals surface area contributed by atoms with Gasteiger partial charge in [0.25, 0.3) is 0 Å². The number of hydrogen-bond donors (Lipinski definition) is 2. The van der Waals surface area contributed by atoms with Crippen molar-refractivity contribution in [3.63, 3.8) is 0 Å². The molecule has 206 valence electrons. The van der Waals surface area contributed by atoms with Crippen LogP contribution in [0, 0.1) is 24.5 Å². The molecule has 0 bridgehead atoms. The third-order valence-corrected chi connectivity index (χ3v) is 7.76. The van der Waals surface area contributed by atoms with Gasteiger partial charge in [0.15, 0.2) is 11.6 Å². The molecule has 10 heteroatoms. The molecule has 1 atom stereocenters. The maximum absolute atomic E-state index is 15.0. The highest BCUT2D eigenvalue weighted by atomic mass is 19.1. The number of aliphatic hydroxyl groups excluding tert-OH is 1. The van der Waals surface area contributed by atoms with E-state index in [9.17, 15) is 13.9 Å². The van der Waals surface area contributed by atoms with E-state index in [1.165, 1.54) is 6.07 Å².